The average Bonchev–Trinajstić information content (AvgIpc) is 3.68. The van der Waals surface area contributed by atoms with Gasteiger partial charge in [-0.15, -0.1) is 0 Å². The first-order valence-electron chi connectivity index (χ1n) is 22.4. The Balaban J connectivity index is 1.04. The summed E-state index contributed by atoms with van der Waals surface area (Å²) in [6.07, 6.45) is 0. The van der Waals surface area contributed by atoms with Gasteiger partial charge in [0, 0.05) is 16.7 Å². The number of aromatic nitrogens is 2. The van der Waals surface area contributed by atoms with E-state index in [-0.39, 0.29) is 0 Å². The highest BCUT2D eigenvalue weighted by atomic mass is 14.9. The molecule has 2 heteroatoms. The Bertz CT molecular complexity index is 3690. The van der Waals surface area contributed by atoms with Gasteiger partial charge >= 0.3 is 0 Å². The second-order valence-corrected chi connectivity index (χ2v) is 17.2. The molecule has 0 amide bonds. The fourth-order valence-electron chi connectivity index (χ4n) is 10.8. The molecule has 0 bridgehead atoms. The maximum atomic E-state index is 5.32. The molecule has 0 atom stereocenters. The van der Waals surface area contributed by atoms with E-state index in [1.54, 1.807) is 0 Å². The molecule has 1 heterocycles. The van der Waals surface area contributed by atoms with E-state index in [1.165, 1.54) is 82.4 Å². The van der Waals surface area contributed by atoms with Crippen molar-refractivity contribution in [2.24, 2.45) is 0 Å². The molecule has 0 unspecified atom stereocenters. The highest BCUT2D eigenvalue weighted by Gasteiger charge is 2.46. The summed E-state index contributed by atoms with van der Waals surface area (Å²) < 4.78 is 0. The number of hydrogen-bond acceptors (Lipinski definition) is 2. The predicted octanol–water partition coefficient (Wildman–Crippen LogP) is 16.1. The summed E-state index contributed by atoms with van der Waals surface area (Å²) >= 11 is 0. The Labute approximate surface area is 378 Å². The van der Waals surface area contributed by atoms with E-state index in [9.17, 15) is 0 Å². The fraction of sp³-hybridized carbons (Fsp3) is 0.0159. The number of benzene rings is 11. The van der Waals surface area contributed by atoms with Crippen molar-refractivity contribution in [3.05, 3.63) is 265 Å². The van der Waals surface area contributed by atoms with Gasteiger partial charge in [0.1, 0.15) is 0 Å². The van der Waals surface area contributed by atoms with Crippen LogP contribution in [0.25, 0.3) is 99.6 Å². The third-order valence-electron chi connectivity index (χ3n) is 13.7. The first-order valence-corrected chi connectivity index (χ1v) is 22.4. The lowest BCUT2D eigenvalue weighted by molar-refractivity contribution is 0.769. The zero-order chi connectivity index (χ0) is 42.9. The number of hydrogen-bond donors (Lipinski definition) is 0. The third kappa shape index (κ3) is 5.88. The van der Waals surface area contributed by atoms with Crippen LogP contribution in [-0.2, 0) is 5.41 Å². The highest BCUT2D eigenvalue weighted by Crippen LogP contribution is 2.57. The molecule has 0 radical (unpaired) electrons. The Morgan fingerprint density at radius 3 is 1.49 bits per heavy atom. The van der Waals surface area contributed by atoms with Crippen LogP contribution in [0.2, 0.25) is 0 Å². The van der Waals surface area contributed by atoms with Gasteiger partial charge in [-0.3, -0.25) is 0 Å². The number of fused-ring (bicyclic) bond motifs is 3. The molecule has 12 aromatic rings. The van der Waals surface area contributed by atoms with Gasteiger partial charge in [0.15, 0.2) is 5.82 Å². The lowest BCUT2D eigenvalue weighted by Gasteiger charge is -2.34. The molecule has 65 heavy (non-hydrogen) atoms. The molecule has 11 aromatic carbocycles. The summed E-state index contributed by atoms with van der Waals surface area (Å²) in [6, 6.07) is 88.5. The van der Waals surface area contributed by atoms with E-state index in [0.29, 0.717) is 5.82 Å². The van der Waals surface area contributed by atoms with E-state index in [4.69, 9.17) is 9.97 Å². The predicted molar refractivity (Wildman–Crippen MR) is 270 cm³/mol. The second kappa shape index (κ2) is 14.8. The van der Waals surface area contributed by atoms with Gasteiger partial charge in [0.25, 0.3) is 0 Å². The second-order valence-electron chi connectivity index (χ2n) is 17.2. The molecule has 0 aliphatic heterocycles. The molecule has 0 N–H and O–H groups in total. The smallest absolute Gasteiger partial charge is 0.160 e. The fourth-order valence-corrected chi connectivity index (χ4v) is 10.8. The molecule has 1 aliphatic rings. The van der Waals surface area contributed by atoms with Crippen LogP contribution in [-0.4, -0.2) is 9.97 Å². The van der Waals surface area contributed by atoms with Gasteiger partial charge in [-0.25, -0.2) is 9.97 Å². The molecular weight excluding hydrogens is 785 g/mol. The van der Waals surface area contributed by atoms with Crippen LogP contribution in [0.3, 0.4) is 0 Å². The normalized spacial score (nSPS) is 12.7. The minimum Gasteiger partial charge on any atom is -0.228 e. The highest BCUT2D eigenvalue weighted by molar-refractivity contribution is 6.25. The monoisotopic (exact) mass is 824 g/mol. The quantitative estimate of drug-likeness (QED) is 0.150. The Kier molecular flexibility index (Phi) is 8.47. The topological polar surface area (TPSA) is 25.8 Å². The van der Waals surface area contributed by atoms with Gasteiger partial charge in [0.05, 0.1) is 16.8 Å². The SMILES string of the molecule is c1ccc(-c2cccc(-c3cc(-c4ccc5c(c4)-c4ccc(-c6ccc7ccc8cccc9ccc6c7c89)cc4C5(c4ccccc4)c4ccccc4)nc(-c4ccccc4)n3)c2)cc1. The van der Waals surface area contributed by atoms with Crippen molar-refractivity contribution in [1.82, 2.24) is 9.97 Å². The van der Waals surface area contributed by atoms with Crippen LogP contribution in [0.1, 0.15) is 22.3 Å². The molecule has 1 aromatic heterocycles. The summed E-state index contributed by atoms with van der Waals surface area (Å²) in [5.41, 5.74) is 16.5. The minimum atomic E-state index is -0.574. The van der Waals surface area contributed by atoms with Crippen LogP contribution in [0.4, 0.5) is 0 Å². The van der Waals surface area contributed by atoms with E-state index >= 15 is 0 Å². The molecule has 13 rings (SSSR count). The summed E-state index contributed by atoms with van der Waals surface area (Å²) in [6.45, 7) is 0. The van der Waals surface area contributed by atoms with Crippen molar-refractivity contribution in [2.45, 2.75) is 5.41 Å². The summed E-state index contributed by atoms with van der Waals surface area (Å²) in [7, 11) is 0. The van der Waals surface area contributed by atoms with Crippen LogP contribution >= 0.6 is 0 Å². The van der Waals surface area contributed by atoms with Crippen molar-refractivity contribution < 1.29 is 0 Å². The van der Waals surface area contributed by atoms with Gasteiger partial charge in [-0.05, 0) is 112 Å². The molecule has 2 nitrogen and oxygen atoms in total. The van der Waals surface area contributed by atoms with Gasteiger partial charge in [-0.1, -0.05) is 218 Å². The van der Waals surface area contributed by atoms with Crippen molar-refractivity contribution in [2.75, 3.05) is 0 Å². The van der Waals surface area contributed by atoms with Crippen LogP contribution in [0.15, 0.2) is 243 Å². The molecule has 302 valence electrons. The first-order chi connectivity index (χ1) is 32.2. The Morgan fingerprint density at radius 2 is 0.800 bits per heavy atom. The minimum absolute atomic E-state index is 0.574. The standard InChI is InChI=1S/C63H40N2/c1-5-15-41(16-6-1)46-21-14-22-48(37-46)58-40-59(65-62(64-58)45-17-7-2-8-18-45)49-32-36-56-55(38-49)53-34-31-47(39-57(53)63(56,50-23-9-3-10-24-50)51-25-11-4-12-26-51)52-33-29-44-28-27-42-19-13-20-43-30-35-54(52)61(44)60(42)43/h1-40H. The molecule has 0 saturated carbocycles. The largest absolute Gasteiger partial charge is 0.228 e. The third-order valence-corrected chi connectivity index (χ3v) is 13.7. The van der Waals surface area contributed by atoms with Gasteiger partial charge in [-0.2, -0.15) is 0 Å². The van der Waals surface area contributed by atoms with Crippen LogP contribution < -0.4 is 0 Å². The van der Waals surface area contributed by atoms with E-state index in [1.807, 2.05) is 6.07 Å². The molecular formula is C63H40N2. The zero-order valence-electron chi connectivity index (χ0n) is 35.5. The Morgan fingerprint density at radius 1 is 0.277 bits per heavy atom. The number of nitrogens with zero attached hydrogens (tertiary/aromatic N) is 2. The van der Waals surface area contributed by atoms with Crippen LogP contribution in [0.5, 0.6) is 0 Å². The van der Waals surface area contributed by atoms with E-state index < -0.39 is 5.41 Å². The molecule has 1 aliphatic carbocycles. The van der Waals surface area contributed by atoms with E-state index in [0.717, 1.165) is 33.6 Å². The van der Waals surface area contributed by atoms with Crippen molar-refractivity contribution in [3.8, 4) is 67.3 Å². The van der Waals surface area contributed by atoms with E-state index in [2.05, 4.69) is 237 Å². The maximum Gasteiger partial charge on any atom is 0.160 e. The molecule has 0 fully saturated rings. The lowest BCUT2D eigenvalue weighted by Crippen LogP contribution is -2.28. The van der Waals surface area contributed by atoms with Gasteiger partial charge < -0.3 is 0 Å². The molecule has 0 saturated heterocycles. The molecule has 0 spiro atoms. The summed E-state index contributed by atoms with van der Waals surface area (Å²) in [5, 5.41) is 7.76. The van der Waals surface area contributed by atoms with Crippen LogP contribution in [0, 0.1) is 0 Å². The van der Waals surface area contributed by atoms with Crippen molar-refractivity contribution in [1.29, 1.82) is 0 Å². The van der Waals surface area contributed by atoms with Crippen molar-refractivity contribution >= 4 is 32.3 Å². The zero-order valence-corrected chi connectivity index (χ0v) is 35.5. The summed E-state index contributed by atoms with van der Waals surface area (Å²) in [5.74, 6) is 0.699. The van der Waals surface area contributed by atoms with Gasteiger partial charge in [0.2, 0.25) is 0 Å². The summed E-state index contributed by atoms with van der Waals surface area (Å²) in [4.78, 5) is 10.5. The first kappa shape index (κ1) is 37.1. The maximum absolute atomic E-state index is 5.32. The average molecular weight is 825 g/mol. The lowest BCUT2D eigenvalue weighted by atomic mass is 9.67. The van der Waals surface area contributed by atoms with Crippen molar-refractivity contribution in [3.63, 3.8) is 0 Å². The Hall–Kier alpha value is -8.46. The number of rotatable bonds is 7.